The molecule has 0 aliphatic rings. The summed E-state index contributed by atoms with van der Waals surface area (Å²) in [6.07, 6.45) is -2.90. The molecule has 0 spiro atoms. The van der Waals surface area contributed by atoms with Crippen LogP contribution < -0.4 is 50.8 Å². The molecule has 0 radical (unpaired) electrons. The van der Waals surface area contributed by atoms with Crippen molar-refractivity contribution in [2.45, 2.75) is 132 Å². The van der Waals surface area contributed by atoms with E-state index in [2.05, 4.69) is 31.9 Å². The van der Waals surface area contributed by atoms with E-state index in [9.17, 15) is 19.2 Å². The number of ether oxygens (including phenoxy) is 8. The van der Waals surface area contributed by atoms with E-state index in [0.717, 1.165) is 11.1 Å². The number of aromatic nitrogens is 4. The summed E-state index contributed by atoms with van der Waals surface area (Å²) in [5, 5.41) is 18.4. The molecule has 0 aliphatic heterocycles. The molecule has 0 fully saturated rings. The first kappa shape index (κ1) is 57.3. The van der Waals surface area contributed by atoms with Crippen LogP contribution in [0.25, 0.3) is 11.0 Å². The van der Waals surface area contributed by atoms with Crippen molar-refractivity contribution in [1.82, 2.24) is 30.6 Å². The zero-order valence-electron chi connectivity index (χ0n) is 44.4. The van der Waals surface area contributed by atoms with Crippen LogP contribution in [-0.4, -0.2) is 121 Å². The molecule has 0 aliphatic carbocycles. The first-order chi connectivity index (χ1) is 33.8. The minimum Gasteiger partial charge on any atom is -0.493 e. The van der Waals surface area contributed by atoms with Crippen LogP contribution >= 0.6 is 0 Å². The minimum atomic E-state index is -0.973. The van der Waals surface area contributed by atoms with Crippen LogP contribution in [0.1, 0.15) is 94.2 Å². The highest BCUT2D eigenvalue weighted by atomic mass is 16.6. The number of alkyl carbamates (subject to hydrolysis) is 2. The number of anilines is 4. The van der Waals surface area contributed by atoms with Crippen molar-refractivity contribution in [1.29, 1.82) is 0 Å². The van der Waals surface area contributed by atoms with E-state index in [1.165, 1.54) is 0 Å². The number of amides is 2. The Hall–Kier alpha value is -7.26. The zero-order valence-corrected chi connectivity index (χ0v) is 44.4. The standard InChI is InChI=1S/C50H74N10O12/c1-27(2)37(57-47(63)71-49(7,8)9)43(61)69-29(5)23-53-45-55-39-40(41(59-45)51-25-31-17-19-33(65-13)35(21-31)67-15)56-46(60-42(39)52-26-32-18-20-34(66-14)36(22-32)68-16)54-24-30(6)70-44(62)38(28(3)4)58-48(64)72-50(10,11)12/h17-22,27-30,37-38H,23-26H2,1-16H3,(H,57,63)(H,58,64)(H2,51,53,55,59)(H2,52,54,56,60)/t29?,30?,37-,38-/m0/s1. The van der Waals surface area contributed by atoms with Gasteiger partial charge in [0, 0.05) is 13.1 Å². The predicted octanol–water partition coefficient (Wildman–Crippen LogP) is 7.46. The molecule has 4 aromatic rings. The normalized spacial score (nSPS) is 13.2. The summed E-state index contributed by atoms with van der Waals surface area (Å²) >= 11 is 0. The van der Waals surface area contributed by atoms with Gasteiger partial charge in [0.25, 0.3) is 0 Å². The molecule has 2 aromatic carbocycles. The summed E-state index contributed by atoms with van der Waals surface area (Å²) in [6, 6.07) is 9.06. The number of methoxy groups -OCH3 is 4. The van der Waals surface area contributed by atoms with Crippen LogP contribution in [0, 0.1) is 11.8 Å². The van der Waals surface area contributed by atoms with Gasteiger partial charge in [-0.1, -0.05) is 39.8 Å². The summed E-state index contributed by atoms with van der Waals surface area (Å²) in [5.41, 5.74) is 0.746. The number of carbonyl (C=O) groups excluding carboxylic acids is 4. The quantitative estimate of drug-likeness (QED) is 0.0294. The van der Waals surface area contributed by atoms with Crippen molar-refractivity contribution in [2.24, 2.45) is 11.8 Å². The van der Waals surface area contributed by atoms with E-state index >= 15 is 0 Å². The maximum atomic E-state index is 13.4. The molecule has 4 rings (SSSR count). The van der Waals surface area contributed by atoms with Gasteiger partial charge in [0.1, 0.15) is 46.5 Å². The minimum absolute atomic E-state index is 0.0695. The van der Waals surface area contributed by atoms with Gasteiger partial charge in [0.15, 0.2) is 34.6 Å². The molecule has 0 bridgehead atoms. The third-order valence-corrected chi connectivity index (χ3v) is 10.3. The van der Waals surface area contributed by atoms with E-state index in [-0.39, 0.29) is 49.9 Å². The summed E-state index contributed by atoms with van der Waals surface area (Å²) in [7, 11) is 6.22. The van der Waals surface area contributed by atoms with E-state index in [1.54, 1.807) is 124 Å². The number of benzene rings is 2. The SMILES string of the molecule is COc1ccc(CNc2nc(NCC(C)OC(=O)[C@@H](NC(=O)OC(C)(C)C)C(C)C)nc3c(NCc4ccc(OC)c(OC)c4)nc(NCC(C)OC(=O)[C@@H](NC(=O)OC(C)(C)C)C(C)C)nc23)cc1OC. The Bertz CT molecular complexity index is 2310. The molecule has 22 heteroatoms. The van der Waals surface area contributed by atoms with E-state index in [1.807, 2.05) is 24.3 Å². The highest BCUT2D eigenvalue weighted by molar-refractivity contribution is 5.94. The van der Waals surface area contributed by atoms with Gasteiger partial charge in [-0.05, 0) is 103 Å². The second kappa shape index (κ2) is 25.7. The second-order valence-corrected chi connectivity index (χ2v) is 19.6. The molecule has 2 unspecified atom stereocenters. The lowest BCUT2D eigenvalue weighted by molar-refractivity contribution is -0.152. The average Bonchev–Trinajstić information content (AvgIpc) is 3.30. The third kappa shape index (κ3) is 17.5. The summed E-state index contributed by atoms with van der Waals surface area (Å²) in [6.45, 7) is 21.6. The molecular formula is C50H74N10O12. The molecule has 0 saturated heterocycles. The number of fused-ring (bicyclic) bond motifs is 1. The lowest BCUT2D eigenvalue weighted by atomic mass is 10.1. The van der Waals surface area contributed by atoms with Gasteiger partial charge in [0.05, 0.1) is 41.5 Å². The molecule has 22 nitrogen and oxygen atoms in total. The predicted molar refractivity (Wildman–Crippen MR) is 273 cm³/mol. The number of rotatable bonds is 24. The Morgan fingerprint density at radius 3 is 1.15 bits per heavy atom. The lowest BCUT2D eigenvalue weighted by Gasteiger charge is -2.26. The molecule has 2 amide bonds. The van der Waals surface area contributed by atoms with E-state index in [0.29, 0.717) is 45.7 Å². The van der Waals surface area contributed by atoms with Crippen LogP contribution in [-0.2, 0) is 41.6 Å². The fourth-order valence-electron chi connectivity index (χ4n) is 6.73. The van der Waals surface area contributed by atoms with Gasteiger partial charge in [-0.15, -0.1) is 0 Å². The van der Waals surface area contributed by atoms with Crippen molar-refractivity contribution in [2.75, 3.05) is 62.8 Å². The molecule has 4 atom stereocenters. The molecule has 2 heterocycles. The van der Waals surface area contributed by atoms with Gasteiger partial charge in [-0.25, -0.2) is 29.1 Å². The fourth-order valence-corrected chi connectivity index (χ4v) is 6.73. The van der Waals surface area contributed by atoms with Crippen molar-refractivity contribution in [3.8, 4) is 23.0 Å². The van der Waals surface area contributed by atoms with Crippen LogP contribution in [0.5, 0.6) is 23.0 Å². The third-order valence-electron chi connectivity index (χ3n) is 10.3. The Kier molecular flexibility index (Phi) is 20.5. The number of esters is 2. The summed E-state index contributed by atoms with van der Waals surface area (Å²) < 4.78 is 44.4. The number of nitrogens with zero attached hydrogens (tertiary/aromatic N) is 4. The van der Waals surface area contributed by atoms with Crippen molar-refractivity contribution in [3.05, 3.63) is 47.5 Å². The maximum Gasteiger partial charge on any atom is 0.408 e. The van der Waals surface area contributed by atoms with E-state index < -0.39 is 59.6 Å². The Morgan fingerprint density at radius 1 is 0.500 bits per heavy atom. The summed E-state index contributed by atoms with van der Waals surface area (Å²) in [4.78, 5) is 71.4. The number of hydrogen-bond acceptors (Lipinski definition) is 20. The Morgan fingerprint density at radius 2 is 0.847 bits per heavy atom. The van der Waals surface area contributed by atoms with Gasteiger partial charge in [-0.2, -0.15) is 9.97 Å². The lowest BCUT2D eigenvalue weighted by Crippen LogP contribution is -2.48. The van der Waals surface area contributed by atoms with Gasteiger partial charge in [0.2, 0.25) is 11.9 Å². The number of nitrogens with one attached hydrogen (secondary N) is 6. The highest BCUT2D eigenvalue weighted by Crippen LogP contribution is 2.32. The van der Waals surface area contributed by atoms with Gasteiger partial charge < -0.3 is 69.8 Å². The number of carbonyl (C=O) groups is 4. The van der Waals surface area contributed by atoms with Crippen molar-refractivity contribution < 1.29 is 57.1 Å². The monoisotopic (exact) mass is 1010 g/mol. The Labute approximate surface area is 422 Å². The second-order valence-electron chi connectivity index (χ2n) is 19.6. The maximum absolute atomic E-state index is 13.4. The first-order valence-corrected chi connectivity index (χ1v) is 23.7. The van der Waals surface area contributed by atoms with Gasteiger partial charge >= 0.3 is 24.1 Å². The van der Waals surface area contributed by atoms with Crippen LogP contribution in [0.4, 0.5) is 33.1 Å². The highest BCUT2D eigenvalue weighted by Gasteiger charge is 2.31. The van der Waals surface area contributed by atoms with Crippen LogP contribution in [0.3, 0.4) is 0 Å². The van der Waals surface area contributed by atoms with Crippen molar-refractivity contribution >= 4 is 58.7 Å². The number of hydrogen-bond donors (Lipinski definition) is 6. The van der Waals surface area contributed by atoms with Crippen LogP contribution in [0.15, 0.2) is 36.4 Å². The molecule has 396 valence electrons. The van der Waals surface area contributed by atoms with E-state index in [4.69, 9.17) is 57.8 Å². The molecule has 72 heavy (non-hydrogen) atoms. The summed E-state index contributed by atoms with van der Waals surface area (Å²) in [5.74, 6) is 1.18. The fraction of sp³-hybridized carbons (Fsp3) is 0.560. The van der Waals surface area contributed by atoms with Gasteiger partial charge in [-0.3, -0.25) is 0 Å². The van der Waals surface area contributed by atoms with Crippen LogP contribution in [0.2, 0.25) is 0 Å². The largest absolute Gasteiger partial charge is 0.493 e. The zero-order chi connectivity index (χ0) is 53.5. The average molecular weight is 1010 g/mol. The molecule has 0 saturated carbocycles. The smallest absolute Gasteiger partial charge is 0.408 e. The molecule has 2 aromatic heterocycles. The van der Waals surface area contributed by atoms with Crippen molar-refractivity contribution in [3.63, 3.8) is 0 Å². The topological polar surface area (TPSA) is 266 Å². The first-order valence-electron chi connectivity index (χ1n) is 23.7. The molecular weight excluding hydrogens is 933 g/mol. The molecule has 6 N–H and O–H groups in total. The Balaban J connectivity index is 1.72.